The molecule has 2 bridgehead atoms. The Hall–Kier alpha value is -1.78. The van der Waals surface area contributed by atoms with E-state index in [2.05, 4.69) is 21.6 Å². The van der Waals surface area contributed by atoms with Crippen molar-refractivity contribution in [1.82, 2.24) is 20.4 Å². The van der Waals surface area contributed by atoms with Crippen LogP contribution < -0.4 is 5.32 Å². The highest BCUT2D eigenvalue weighted by Gasteiger charge is 2.34. The molecule has 72 valence electrons. The van der Waals surface area contributed by atoms with Crippen molar-refractivity contribution in [3.05, 3.63) is 24.0 Å². The molecule has 0 radical (unpaired) electrons. The average molecular weight is 190 g/mol. The van der Waals surface area contributed by atoms with Crippen LogP contribution >= 0.6 is 0 Å². The summed E-state index contributed by atoms with van der Waals surface area (Å²) in [6.45, 7) is 1.47. The third-order valence-electron chi connectivity index (χ3n) is 2.73. The monoisotopic (exact) mass is 190 g/mol. The number of hydrogen-bond acceptors (Lipinski definition) is 2. The van der Waals surface area contributed by atoms with Crippen molar-refractivity contribution in [2.45, 2.75) is 6.04 Å². The Kier molecular flexibility index (Phi) is 1.41. The van der Waals surface area contributed by atoms with Crippen LogP contribution in [0.25, 0.3) is 5.57 Å². The van der Waals surface area contributed by atoms with Crippen LogP contribution in [0.5, 0.6) is 0 Å². The summed E-state index contributed by atoms with van der Waals surface area (Å²) in [6, 6.07) is 0.165. The quantitative estimate of drug-likeness (QED) is 0.664. The highest BCUT2D eigenvalue weighted by atomic mass is 16.2. The van der Waals surface area contributed by atoms with E-state index in [4.69, 9.17) is 0 Å². The summed E-state index contributed by atoms with van der Waals surface area (Å²) in [7, 11) is 0. The lowest BCUT2D eigenvalue weighted by Gasteiger charge is -2.20. The van der Waals surface area contributed by atoms with E-state index in [9.17, 15) is 4.79 Å². The van der Waals surface area contributed by atoms with Crippen LogP contribution in [-0.4, -0.2) is 40.3 Å². The summed E-state index contributed by atoms with van der Waals surface area (Å²) in [4.78, 5) is 13.1. The SMILES string of the molecule is O=C1NC2CN1CC=C2c1cn[nH]c1. The summed E-state index contributed by atoms with van der Waals surface area (Å²) in [5.41, 5.74) is 2.23. The fourth-order valence-electron chi connectivity index (χ4n) is 2.00. The molecule has 5 heteroatoms. The van der Waals surface area contributed by atoms with Gasteiger partial charge in [0, 0.05) is 24.8 Å². The van der Waals surface area contributed by atoms with Crippen molar-refractivity contribution in [1.29, 1.82) is 0 Å². The molecule has 1 aromatic rings. The number of fused-ring (bicyclic) bond motifs is 2. The van der Waals surface area contributed by atoms with E-state index in [1.165, 1.54) is 5.57 Å². The predicted molar refractivity (Wildman–Crippen MR) is 50.5 cm³/mol. The van der Waals surface area contributed by atoms with Crippen molar-refractivity contribution in [2.24, 2.45) is 0 Å². The van der Waals surface area contributed by atoms with E-state index < -0.39 is 0 Å². The van der Waals surface area contributed by atoms with Crippen LogP contribution in [0.2, 0.25) is 0 Å². The van der Waals surface area contributed by atoms with Crippen LogP contribution in [0.3, 0.4) is 0 Å². The number of amides is 2. The maximum absolute atomic E-state index is 11.3. The fourth-order valence-corrected chi connectivity index (χ4v) is 2.00. The topological polar surface area (TPSA) is 61.0 Å². The molecular formula is C9H10N4O. The molecule has 1 saturated heterocycles. The second-order valence-corrected chi connectivity index (χ2v) is 3.55. The van der Waals surface area contributed by atoms with Crippen molar-refractivity contribution in [3.63, 3.8) is 0 Å². The van der Waals surface area contributed by atoms with Gasteiger partial charge < -0.3 is 10.2 Å². The van der Waals surface area contributed by atoms with Gasteiger partial charge in [0.2, 0.25) is 0 Å². The first-order chi connectivity index (χ1) is 6.84. The van der Waals surface area contributed by atoms with Crippen molar-refractivity contribution in [3.8, 4) is 0 Å². The van der Waals surface area contributed by atoms with Gasteiger partial charge in [0.15, 0.2) is 0 Å². The number of rotatable bonds is 1. The molecule has 2 N–H and O–H groups in total. The molecule has 3 rings (SSSR count). The lowest BCUT2D eigenvalue weighted by molar-refractivity contribution is 0.222. The number of nitrogens with zero attached hydrogens (tertiary/aromatic N) is 2. The third-order valence-corrected chi connectivity index (χ3v) is 2.73. The van der Waals surface area contributed by atoms with Crippen LogP contribution in [-0.2, 0) is 0 Å². The number of carbonyl (C=O) groups is 1. The second-order valence-electron chi connectivity index (χ2n) is 3.55. The van der Waals surface area contributed by atoms with Crippen LogP contribution in [0, 0.1) is 0 Å². The Morgan fingerprint density at radius 1 is 1.57 bits per heavy atom. The molecule has 0 aromatic carbocycles. The zero-order valence-corrected chi connectivity index (χ0v) is 7.53. The summed E-state index contributed by atoms with van der Waals surface area (Å²) in [5, 5.41) is 9.62. The molecule has 2 amide bonds. The minimum atomic E-state index is 0.0322. The van der Waals surface area contributed by atoms with Gasteiger partial charge in [0.25, 0.3) is 0 Å². The van der Waals surface area contributed by atoms with Gasteiger partial charge in [-0.3, -0.25) is 5.10 Å². The van der Waals surface area contributed by atoms with E-state index >= 15 is 0 Å². The molecule has 0 aliphatic carbocycles. The lowest BCUT2D eigenvalue weighted by atomic mass is 9.99. The number of aromatic amines is 1. The number of nitrogens with one attached hydrogen (secondary N) is 2. The number of hydrogen-bond donors (Lipinski definition) is 2. The van der Waals surface area contributed by atoms with Gasteiger partial charge in [-0.05, 0) is 5.57 Å². The van der Waals surface area contributed by atoms with Crippen molar-refractivity contribution >= 4 is 11.6 Å². The molecule has 3 heterocycles. The fraction of sp³-hybridized carbons (Fsp3) is 0.333. The molecule has 2 aliphatic rings. The number of carbonyl (C=O) groups excluding carboxylic acids is 1. The molecule has 1 atom stereocenters. The largest absolute Gasteiger partial charge is 0.329 e. The zero-order chi connectivity index (χ0) is 9.54. The number of aromatic nitrogens is 2. The molecule has 0 saturated carbocycles. The molecule has 1 fully saturated rings. The molecular weight excluding hydrogens is 180 g/mol. The van der Waals surface area contributed by atoms with E-state index in [-0.39, 0.29) is 12.1 Å². The van der Waals surface area contributed by atoms with Gasteiger partial charge in [-0.15, -0.1) is 0 Å². The number of urea groups is 1. The Labute approximate surface area is 80.8 Å². The maximum atomic E-state index is 11.3. The lowest BCUT2D eigenvalue weighted by Crippen LogP contribution is -2.29. The minimum absolute atomic E-state index is 0.0322. The van der Waals surface area contributed by atoms with Crippen molar-refractivity contribution in [2.75, 3.05) is 13.1 Å². The Morgan fingerprint density at radius 3 is 3.29 bits per heavy atom. The summed E-state index contributed by atoms with van der Waals surface area (Å²) >= 11 is 0. The van der Waals surface area contributed by atoms with Gasteiger partial charge in [0.1, 0.15) is 0 Å². The first kappa shape index (κ1) is 7.61. The minimum Gasteiger partial charge on any atom is -0.329 e. The molecule has 5 nitrogen and oxygen atoms in total. The van der Waals surface area contributed by atoms with Crippen LogP contribution in [0.15, 0.2) is 18.5 Å². The second kappa shape index (κ2) is 2.60. The molecule has 0 spiro atoms. The Morgan fingerprint density at radius 2 is 2.50 bits per heavy atom. The summed E-state index contributed by atoms with van der Waals surface area (Å²) in [6.07, 6.45) is 5.72. The average Bonchev–Trinajstić information content (AvgIpc) is 2.78. The molecule has 14 heavy (non-hydrogen) atoms. The smallest absolute Gasteiger partial charge is 0.318 e. The highest BCUT2D eigenvalue weighted by Crippen LogP contribution is 2.25. The maximum Gasteiger partial charge on any atom is 0.318 e. The Balaban J connectivity index is 1.96. The van der Waals surface area contributed by atoms with E-state index in [1.54, 1.807) is 11.1 Å². The van der Waals surface area contributed by atoms with Gasteiger partial charge in [-0.1, -0.05) is 6.08 Å². The van der Waals surface area contributed by atoms with E-state index in [1.807, 2.05) is 6.20 Å². The highest BCUT2D eigenvalue weighted by molar-refractivity contribution is 5.85. The van der Waals surface area contributed by atoms with Gasteiger partial charge in [-0.25, -0.2) is 4.79 Å². The normalized spacial score (nSPS) is 24.9. The van der Waals surface area contributed by atoms with Gasteiger partial charge in [0.05, 0.1) is 12.2 Å². The molecule has 1 unspecified atom stereocenters. The third kappa shape index (κ3) is 0.951. The first-order valence-electron chi connectivity index (χ1n) is 4.59. The summed E-state index contributed by atoms with van der Waals surface area (Å²) in [5.74, 6) is 0. The molecule has 1 aromatic heterocycles. The van der Waals surface area contributed by atoms with Gasteiger partial charge >= 0.3 is 6.03 Å². The van der Waals surface area contributed by atoms with E-state index in [0.717, 1.165) is 12.1 Å². The number of H-pyrrole nitrogens is 1. The predicted octanol–water partition coefficient (Wildman–Crippen LogP) is 0.200. The molecule has 2 aliphatic heterocycles. The van der Waals surface area contributed by atoms with Crippen molar-refractivity contribution < 1.29 is 4.79 Å². The first-order valence-corrected chi connectivity index (χ1v) is 4.59. The van der Waals surface area contributed by atoms with Crippen LogP contribution in [0.4, 0.5) is 4.79 Å². The van der Waals surface area contributed by atoms with Crippen LogP contribution in [0.1, 0.15) is 5.56 Å². The van der Waals surface area contributed by atoms with Gasteiger partial charge in [-0.2, -0.15) is 5.10 Å². The Bertz CT molecular complexity index is 395. The standard InChI is InChI=1S/C9H10N4O/c14-9-12-8-5-13(9)2-1-7(8)6-3-10-11-4-6/h1,3-4,8H,2,5H2,(H,10,11)(H,12,14). The zero-order valence-electron chi connectivity index (χ0n) is 7.53. The van der Waals surface area contributed by atoms with E-state index in [0.29, 0.717) is 6.54 Å². The summed E-state index contributed by atoms with van der Waals surface area (Å²) < 4.78 is 0.